The lowest BCUT2D eigenvalue weighted by molar-refractivity contribution is -0.127. The second kappa shape index (κ2) is 13.3. The molecule has 0 unspecified atom stereocenters. The number of primary amides is 1. The Hall–Kier alpha value is -4.80. The summed E-state index contributed by atoms with van der Waals surface area (Å²) in [5.41, 5.74) is 8.71. The Morgan fingerprint density at radius 2 is 1.65 bits per heavy atom. The van der Waals surface area contributed by atoms with Gasteiger partial charge in [-0.1, -0.05) is 18.2 Å². The summed E-state index contributed by atoms with van der Waals surface area (Å²) >= 11 is 0. The van der Waals surface area contributed by atoms with Gasteiger partial charge in [-0.3, -0.25) is 19.2 Å². The maximum Gasteiger partial charge on any atom is 0.291 e. The van der Waals surface area contributed by atoms with Crippen molar-refractivity contribution in [2.45, 2.75) is 26.2 Å². The van der Waals surface area contributed by atoms with Gasteiger partial charge in [0.1, 0.15) is 0 Å². The predicted octanol–water partition coefficient (Wildman–Crippen LogP) is 3.21. The molecule has 0 radical (unpaired) electrons. The summed E-state index contributed by atoms with van der Waals surface area (Å²) < 4.78 is 5.25. The van der Waals surface area contributed by atoms with Crippen molar-refractivity contribution in [1.82, 2.24) is 10.2 Å². The summed E-state index contributed by atoms with van der Waals surface area (Å²) in [6.45, 7) is 4.96. The van der Waals surface area contributed by atoms with Crippen molar-refractivity contribution in [2.75, 3.05) is 48.7 Å². The maximum atomic E-state index is 12.9. The van der Waals surface area contributed by atoms with E-state index in [0.717, 1.165) is 24.2 Å². The van der Waals surface area contributed by atoms with Crippen molar-refractivity contribution in [1.29, 1.82) is 0 Å². The summed E-state index contributed by atoms with van der Waals surface area (Å²) in [6.07, 6.45) is 2.12. The molecular formula is C29H34N6O5. The van der Waals surface area contributed by atoms with E-state index in [9.17, 15) is 19.2 Å². The predicted molar refractivity (Wildman–Crippen MR) is 153 cm³/mol. The van der Waals surface area contributed by atoms with E-state index in [2.05, 4.69) is 21.3 Å². The largest absolute Gasteiger partial charge is 0.446 e. The van der Waals surface area contributed by atoms with Gasteiger partial charge in [0.25, 0.3) is 17.7 Å². The highest BCUT2D eigenvalue weighted by Gasteiger charge is 2.20. The molecule has 0 atom stereocenters. The average molecular weight is 547 g/mol. The number of hydrogen-bond acceptors (Lipinski definition) is 7. The van der Waals surface area contributed by atoms with Crippen LogP contribution < -0.4 is 27.0 Å². The van der Waals surface area contributed by atoms with E-state index in [4.69, 9.17) is 10.2 Å². The molecular weight excluding hydrogens is 512 g/mol. The Morgan fingerprint density at radius 3 is 2.35 bits per heavy atom. The minimum Gasteiger partial charge on any atom is -0.446 e. The summed E-state index contributed by atoms with van der Waals surface area (Å²) in [4.78, 5) is 50.6. The topological polar surface area (TPSA) is 159 Å². The van der Waals surface area contributed by atoms with Gasteiger partial charge in [-0.15, -0.1) is 0 Å². The first kappa shape index (κ1) is 28.2. The number of nitrogens with zero attached hydrogens (tertiary/aromatic N) is 1. The van der Waals surface area contributed by atoms with Crippen LogP contribution in [0.1, 0.15) is 56.3 Å². The van der Waals surface area contributed by atoms with Crippen LogP contribution in [0, 0.1) is 6.92 Å². The van der Waals surface area contributed by atoms with E-state index in [0.29, 0.717) is 56.0 Å². The van der Waals surface area contributed by atoms with Crippen molar-refractivity contribution in [3.63, 3.8) is 0 Å². The zero-order chi connectivity index (χ0) is 28.5. The lowest BCUT2D eigenvalue weighted by Crippen LogP contribution is -2.30. The number of furan rings is 1. The molecule has 0 spiro atoms. The molecule has 0 saturated carbocycles. The summed E-state index contributed by atoms with van der Waals surface area (Å²) in [6, 6.07) is 15.6. The van der Waals surface area contributed by atoms with Gasteiger partial charge < -0.3 is 36.3 Å². The molecule has 0 bridgehead atoms. The van der Waals surface area contributed by atoms with Crippen LogP contribution in [0.2, 0.25) is 0 Å². The van der Waals surface area contributed by atoms with E-state index in [1.807, 2.05) is 36.1 Å². The molecule has 1 aliphatic rings. The van der Waals surface area contributed by atoms with Gasteiger partial charge >= 0.3 is 0 Å². The van der Waals surface area contributed by atoms with E-state index < -0.39 is 11.8 Å². The zero-order valence-electron chi connectivity index (χ0n) is 22.4. The molecule has 40 heavy (non-hydrogen) atoms. The maximum absolute atomic E-state index is 12.9. The van der Waals surface area contributed by atoms with Crippen LogP contribution >= 0.6 is 0 Å². The van der Waals surface area contributed by atoms with E-state index in [-0.39, 0.29) is 23.3 Å². The SMILES string of the molecule is Cc1ccccc1NCCNc1ccc(C(=O)NCCCN2CCCC2=O)cc1NC(=O)c1ccc(C(N)=O)o1. The van der Waals surface area contributed by atoms with Crippen molar-refractivity contribution >= 4 is 40.7 Å². The molecule has 0 aliphatic carbocycles. The van der Waals surface area contributed by atoms with E-state index in [1.165, 1.54) is 12.1 Å². The number of carbonyl (C=O) groups excluding carboxylic acids is 4. The third-order valence-electron chi connectivity index (χ3n) is 6.57. The number of anilines is 3. The molecule has 1 fully saturated rings. The van der Waals surface area contributed by atoms with Crippen molar-refractivity contribution < 1.29 is 23.6 Å². The number of aryl methyl sites for hydroxylation is 1. The van der Waals surface area contributed by atoms with Gasteiger partial charge in [0.05, 0.1) is 11.4 Å². The molecule has 2 aromatic carbocycles. The second-order valence-electron chi connectivity index (χ2n) is 9.50. The number of likely N-dealkylation sites (tertiary alicyclic amines) is 1. The van der Waals surface area contributed by atoms with Crippen LogP contribution in [0.3, 0.4) is 0 Å². The molecule has 4 rings (SSSR count). The van der Waals surface area contributed by atoms with Crippen LogP contribution in [-0.4, -0.2) is 61.3 Å². The van der Waals surface area contributed by atoms with Crippen molar-refractivity contribution in [2.24, 2.45) is 5.73 Å². The van der Waals surface area contributed by atoms with Gasteiger partial charge in [0.2, 0.25) is 5.91 Å². The quantitative estimate of drug-likeness (QED) is 0.206. The third kappa shape index (κ3) is 7.40. The normalized spacial score (nSPS) is 12.7. The molecule has 1 aliphatic heterocycles. The first-order valence-corrected chi connectivity index (χ1v) is 13.3. The lowest BCUT2D eigenvalue weighted by Gasteiger charge is -2.16. The van der Waals surface area contributed by atoms with Crippen LogP contribution in [0.25, 0.3) is 0 Å². The molecule has 1 saturated heterocycles. The fraction of sp³-hybridized carbons (Fsp3) is 0.310. The third-order valence-corrected chi connectivity index (χ3v) is 6.57. The van der Waals surface area contributed by atoms with Gasteiger partial charge in [-0.25, -0.2) is 0 Å². The van der Waals surface area contributed by atoms with E-state index in [1.54, 1.807) is 18.2 Å². The first-order valence-electron chi connectivity index (χ1n) is 13.3. The van der Waals surface area contributed by atoms with Crippen LogP contribution in [0.15, 0.2) is 59.0 Å². The highest BCUT2D eigenvalue weighted by molar-refractivity contribution is 6.06. The monoisotopic (exact) mass is 546 g/mol. The van der Waals surface area contributed by atoms with Crippen LogP contribution in [0.5, 0.6) is 0 Å². The molecule has 210 valence electrons. The molecule has 3 aromatic rings. The molecule has 4 amide bonds. The molecule has 11 nitrogen and oxygen atoms in total. The summed E-state index contributed by atoms with van der Waals surface area (Å²) in [5, 5.41) is 12.3. The van der Waals surface area contributed by atoms with Crippen LogP contribution in [0.4, 0.5) is 17.1 Å². The van der Waals surface area contributed by atoms with Gasteiger partial charge in [0, 0.05) is 50.4 Å². The lowest BCUT2D eigenvalue weighted by atomic mass is 10.1. The fourth-order valence-electron chi connectivity index (χ4n) is 4.40. The summed E-state index contributed by atoms with van der Waals surface area (Å²) in [5.74, 6) is -1.74. The van der Waals surface area contributed by atoms with Gasteiger partial charge in [0.15, 0.2) is 11.5 Å². The number of hydrogen-bond donors (Lipinski definition) is 5. The zero-order valence-corrected chi connectivity index (χ0v) is 22.4. The number of amides is 4. The number of benzene rings is 2. The minimum absolute atomic E-state index is 0.0905. The van der Waals surface area contributed by atoms with Crippen LogP contribution in [-0.2, 0) is 4.79 Å². The Kier molecular flexibility index (Phi) is 9.39. The number of para-hydroxylation sites is 1. The second-order valence-corrected chi connectivity index (χ2v) is 9.50. The Balaban J connectivity index is 1.41. The summed E-state index contributed by atoms with van der Waals surface area (Å²) in [7, 11) is 0. The Labute approximate surface area is 232 Å². The molecule has 11 heteroatoms. The standard InChI is InChI=1S/C29H34N6O5/c1-19-6-2-3-7-21(19)31-14-15-32-22-10-9-20(28(38)33-13-5-17-35-16-4-8-26(35)36)18-23(22)34-29(39)25-12-11-24(40-25)27(30)37/h2-3,6-7,9-12,18,31-32H,4-5,8,13-17H2,1H3,(H2,30,37)(H,33,38)(H,34,39). The fourth-order valence-corrected chi connectivity index (χ4v) is 4.40. The van der Waals surface area contributed by atoms with E-state index >= 15 is 0 Å². The number of nitrogens with two attached hydrogens (primary N) is 1. The highest BCUT2D eigenvalue weighted by atomic mass is 16.4. The number of carbonyl (C=O) groups is 4. The first-order chi connectivity index (χ1) is 19.3. The molecule has 1 aromatic heterocycles. The molecule has 6 N–H and O–H groups in total. The molecule has 2 heterocycles. The number of nitrogens with one attached hydrogen (secondary N) is 4. The number of rotatable bonds is 13. The van der Waals surface area contributed by atoms with Gasteiger partial charge in [-0.05, 0) is 61.7 Å². The smallest absolute Gasteiger partial charge is 0.291 e. The highest BCUT2D eigenvalue weighted by Crippen LogP contribution is 2.25. The minimum atomic E-state index is -0.782. The average Bonchev–Trinajstić information content (AvgIpc) is 3.60. The van der Waals surface area contributed by atoms with Crippen molar-refractivity contribution in [3.8, 4) is 0 Å². The Morgan fingerprint density at radius 1 is 0.900 bits per heavy atom. The van der Waals surface area contributed by atoms with Crippen molar-refractivity contribution in [3.05, 3.63) is 77.2 Å². The Bertz CT molecular complexity index is 1380. The van der Waals surface area contributed by atoms with Gasteiger partial charge in [-0.2, -0.15) is 0 Å².